The number of halogens is 3. The van der Waals surface area contributed by atoms with E-state index in [0.29, 0.717) is 27.8 Å². The number of hydrogen-bond acceptors (Lipinski definition) is 2. The summed E-state index contributed by atoms with van der Waals surface area (Å²) in [6.07, 6.45) is 0. The van der Waals surface area contributed by atoms with Gasteiger partial charge in [-0.1, -0.05) is 41.4 Å². The van der Waals surface area contributed by atoms with Crippen molar-refractivity contribution in [3.8, 4) is 0 Å². The fourth-order valence-electron chi connectivity index (χ4n) is 2.69. The van der Waals surface area contributed by atoms with E-state index < -0.39 is 0 Å². The Balaban J connectivity index is 1.89. The van der Waals surface area contributed by atoms with Crippen LogP contribution in [0.25, 0.3) is 0 Å². The molecule has 26 heavy (non-hydrogen) atoms. The second kappa shape index (κ2) is 7.98. The molecule has 3 rings (SSSR count). The number of anilines is 1. The normalized spacial score (nSPS) is 10.8. The Bertz CT molecular complexity index is 965. The van der Waals surface area contributed by atoms with E-state index in [1.54, 1.807) is 22.9 Å². The van der Waals surface area contributed by atoms with Gasteiger partial charge in [-0.05, 0) is 60.7 Å². The molecule has 2 aromatic carbocycles. The SMILES string of the molecule is Cc1nn(Cc2c(Cl)cccc2Cl)c(C)c1NC(=O)c1ccccc1I. The zero-order valence-corrected chi connectivity index (χ0v) is 17.9. The summed E-state index contributed by atoms with van der Waals surface area (Å²) < 4.78 is 2.70. The van der Waals surface area contributed by atoms with Gasteiger partial charge in [-0.3, -0.25) is 9.48 Å². The largest absolute Gasteiger partial charge is 0.319 e. The molecule has 1 amide bonds. The minimum absolute atomic E-state index is 0.156. The van der Waals surface area contributed by atoms with Gasteiger partial charge >= 0.3 is 0 Å². The molecule has 0 bridgehead atoms. The Labute approximate surface area is 175 Å². The molecular formula is C19H16Cl2IN3O. The molecule has 0 spiro atoms. The van der Waals surface area contributed by atoms with Crippen molar-refractivity contribution in [2.75, 3.05) is 5.32 Å². The number of nitrogens with zero attached hydrogens (tertiary/aromatic N) is 2. The highest BCUT2D eigenvalue weighted by molar-refractivity contribution is 14.1. The first kappa shape index (κ1) is 19.2. The first-order valence-corrected chi connectivity index (χ1v) is 9.74. The van der Waals surface area contributed by atoms with Crippen LogP contribution in [0.4, 0.5) is 5.69 Å². The number of aromatic nitrogens is 2. The van der Waals surface area contributed by atoms with Gasteiger partial charge in [0.2, 0.25) is 0 Å². The average molecular weight is 500 g/mol. The molecule has 0 saturated heterocycles. The van der Waals surface area contributed by atoms with Crippen LogP contribution in [0, 0.1) is 17.4 Å². The van der Waals surface area contributed by atoms with Crippen molar-refractivity contribution in [1.82, 2.24) is 9.78 Å². The quantitative estimate of drug-likeness (QED) is 0.467. The maximum Gasteiger partial charge on any atom is 0.256 e. The number of benzene rings is 2. The smallest absolute Gasteiger partial charge is 0.256 e. The van der Waals surface area contributed by atoms with Gasteiger partial charge in [-0.25, -0.2) is 0 Å². The van der Waals surface area contributed by atoms with Gasteiger partial charge in [0.15, 0.2) is 0 Å². The molecule has 7 heteroatoms. The average Bonchev–Trinajstić information content (AvgIpc) is 2.86. The molecule has 0 aliphatic carbocycles. The third kappa shape index (κ3) is 3.89. The minimum atomic E-state index is -0.156. The third-order valence-electron chi connectivity index (χ3n) is 4.11. The van der Waals surface area contributed by atoms with Crippen molar-refractivity contribution in [3.05, 3.63) is 78.6 Å². The van der Waals surface area contributed by atoms with E-state index in [9.17, 15) is 4.79 Å². The number of hydrogen-bond donors (Lipinski definition) is 1. The van der Waals surface area contributed by atoms with Crippen molar-refractivity contribution in [1.29, 1.82) is 0 Å². The first-order chi connectivity index (χ1) is 12.4. The maximum absolute atomic E-state index is 12.6. The molecule has 0 saturated carbocycles. The van der Waals surface area contributed by atoms with Crippen LogP contribution >= 0.6 is 45.8 Å². The van der Waals surface area contributed by atoms with Crippen molar-refractivity contribution >= 4 is 57.4 Å². The lowest BCUT2D eigenvalue weighted by atomic mass is 10.2. The number of aryl methyl sites for hydroxylation is 1. The summed E-state index contributed by atoms with van der Waals surface area (Å²) >= 11 is 14.7. The Hall–Kier alpha value is -1.57. The van der Waals surface area contributed by atoms with E-state index in [-0.39, 0.29) is 5.91 Å². The Morgan fingerprint density at radius 2 is 1.77 bits per heavy atom. The van der Waals surface area contributed by atoms with Crippen LogP contribution in [0.1, 0.15) is 27.3 Å². The van der Waals surface area contributed by atoms with Crippen LogP contribution in [0.15, 0.2) is 42.5 Å². The molecule has 0 fully saturated rings. The zero-order chi connectivity index (χ0) is 18.8. The summed E-state index contributed by atoms with van der Waals surface area (Å²) in [5.74, 6) is -0.156. The minimum Gasteiger partial charge on any atom is -0.319 e. The molecule has 0 atom stereocenters. The van der Waals surface area contributed by atoms with Crippen molar-refractivity contribution < 1.29 is 4.79 Å². The van der Waals surface area contributed by atoms with E-state index >= 15 is 0 Å². The molecule has 0 aliphatic rings. The summed E-state index contributed by atoms with van der Waals surface area (Å²) in [6.45, 7) is 4.21. The fraction of sp³-hybridized carbons (Fsp3) is 0.158. The lowest BCUT2D eigenvalue weighted by Gasteiger charge is -2.10. The van der Waals surface area contributed by atoms with Crippen LogP contribution in [0.3, 0.4) is 0 Å². The van der Waals surface area contributed by atoms with Gasteiger partial charge in [-0.2, -0.15) is 5.10 Å². The van der Waals surface area contributed by atoms with E-state index in [2.05, 4.69) is 33.0 Å². The number of carbonyl (C=O) groups excluding carboxylic acids is 1. The lowest BCUT2D eigenvalue weighted by Crippen LogP contribution is -2.14. The number of nitrogens with one attached hydrogen (secondary N) is 1. The number of amides is 1. The Morgan fingerprint density at radius 3 is 2.42 bits per heavy atom. The fourth-order valence-corrected chi connectivity index (χ4v) is 3.84. The predicted molar refractivity (Wildman–Crippen MR) is 114 cm³/mol. The summed E-state index contributed by atoms with van der Waals surface area (Å²) in [6, 6.07) is 12.9. The summed E-state index contributed by atoms with van der Waals surface area (Å²) in [5, 5.41) is 8.70. The van der Waals surface area contributed by atoms with Gasteiger partial charge in [0.1, 0.15) is 0 Å². The number of rotatable bonds is 4. The van der Waals surface area contributed by atoms with Crippen LogP contribution in [-0.2, 0) is 6.54 Å². The summed E-state index contributed by atoms with van der Waals surface area (Å²) in [4.78, 5) is 12.6. The van der Waals surface area contributed by atoms with Gasteiger partial charge in [-0.15, -0.1) is 0 Å². The highest BCUT2D eigenvalue weighted by Crippen LogP contribution is 2.28. The van der Waals surface area contributed by atoms with Gasteiger partial charge in [0, 0.05) is 19.2 Å². The summed E-state index contributed by atoms with van der Waals surface area (Å²) in [7, 11) is 0. The molecular weight excluding hydrogens is 484 g/mol. The zero-order valence-electron chi connectivity index (χ0n) is 14.2. The molecule has 134 valence electrons. The van der Waals surface area contributed by atoms with Crippen molar-refractivity contribution in [2.24, 2.45) is 0 Å². The first-order valence-electron chi connectivity index (χ1n) is 7.91. The van der Waals surface area contributed by atoms with Crippen LogP contribution in [0.5, 0.6) is 0 Å². The summed E-state index contributed by atoms with van der Waals surface area (Å²) in [5.41, 5.74) is 3.73. The van der Waals surface area contributed by atoms with Gasteiger partial charge < -0.3 is 5.32 Å². The van der Waals surface area contributed by atoms with Crippen molar-refractivity contribution in [3.63, 3.8) is 0 Å². The second-order valence-corrected chi connectivity index (χ2v) is 7.81. The Morgan fingerprint density at radius 1 is 1.12 bits per heavy atom. The lowest BCUT2D eigenvalue weighted by molar-refractivity contribution is 0.102. The van der Waals surface area contributed by atoms with Gasteiger partial charge in [0.25, 0.3) is 5.91 Å². The molecule has 1 N–H and O–H groups in total. The van der Waals surface area contributed by atoms with Crippen LogP contribution in [-0.4, -0.2) is 15.7 Å². The highest BCUT2D eigenvalue weighted by Gasteiger charge is 2.18. The standard InChI is InChI=1S/C19H16Cl2IN3O/c1-11-18(23-19(26)13-6-3-4-9-17(13)22)12(2)25(24-11)10-14-15(20)7-5-8-16(14)21/h3-9H,10H2,1-2H3,(H,23,26). The van der Waals surface area contributed by atoms with Crippen molar-refractivity contribution in [2.45, 2.75) is 20.4 Å². The molecule has 0 aliphatic heterocycles. The molecule has 0 radical (unpaired) electrons. The van der Waals surface area contributed by atoms with E-state index in [4.69, 9.17) is 23.2 Å². The molecule has 0 unspecified atom stereocenters. The third-order valence-corrected chi connectivity index (χ3v) is 5.76. The molecule has 1 aromatic heterocycles. The number of carbonyl (C=O) groups is 1. The van der Waals surface area contributed by atoms with E-state index in [0.717, 1.165) is 20.5 Å². The molecule has 1 heterocycles. The maximum atomic E-state index is 12.6. The van der Waals surface area contributed by atoms with E-state index in [1.165, 1.54) is 0 Å². The van der Waals surface area contributed by atoms with Gasteiger partial charge in [0.05, 0.1) is 29.2 Å². The second-order valence-electron chi connectivity index (χ2n) is 5.84. The molecule has 3 aromatic rings. The monoisotopic (exact) mass is 499 g/mol. The topological polar surface area (TPSA) is 46.9 Å². The highest BCUT2D eigenvalue weighted by atomic mass is 127. The Kier molecular flexibility index (Phi) is 5.89. The molecule has 4 nitrogen and oxygen atoms in total. The van der Waals surface area contributed by atoms with Crippen LogP contribution in [0.2, 0.25) is 10.0 Å². The predicted octanol–water partition coefficient (Wildman–Crippen LogP) is 5.71. The van der Waals surface area contributed by atoms with Crippen LogP contribution < -0.4 is 5.32 Å². The van der Waals surface area contributed by atoms with E-state index in [1.807, 2.05) is 38.1 Å².